The number of halogens is 4. The number of aryl methyl sites for hydroxylation is 2. The maximum atomic E-state index is 14.5. The van der Waals surface area contributed by atoms with E-state index in [9.17, 15) is 27.5 Å². The number of nitrogens with one attached hydrogen (secondary N) is 2. The number of fused-ring (bicyclic) bond motifs is 2. The molecule has 1 atom stereocenters. The number of carboxylic acid groups (broad SMARTS) is 1. The van der Waals surface area contributed by atoms with Crippen LogP contribution in [0.4, 0.5) is 17.6 Å². The maximum absolute atomic E-state index is 14.5. The van der Waals surface area contributed by atoms with Gasteiger partial charge in [0.1, 0.15) is 11.6 Å². The first-order valence-corrected chi connectivity index (χ1v) is 14.9. The van der Waals surface area contributed by atoms with Crippen molar-refractivity contribution in [1.29, 1.82) is 0 Å². The van der Waals surface area contributed by atoms with Crippen molar-refractivity contribution in [3.63, 3.8) is 0 Å². The number of hydrogen-bond acceptors (Lipinski definition) is 3. The smallest absolute Gasteiger partial charge is 0.389 e. The minimum atomic E-state index is -4.19. The molecule has 6 nitrogen and oxygen atoms in total. The molecule has 3 N–H and O–H groups in total. The van der Waals surface area contributed by atoms with Crippen LogP contribution in [-0.4, -0.2) is 38.3 Å². The lowest BCUT2D eigenvalue weighted by atomic mass is 9.97. The van der Waals surface area contributed by atoms with Crippen molar-refractivity contribution in [2.24, 2.45) is 0 Å². The molecule has 0 radical (unpaired) electrons. The van der Waals surface area contributed by atoms with Crippen LogP contribution < -0.4 is 5.32 Å². The van der Waals surface area contributed by atoms with Crippen LogP contribution in [0, 0.1) is 12.7 Å². The molecular formula is C34H36F4N4O2. The van der Waals surface area contributed by atoms with Crippen molar-refractivity contribution >= 4 is 27.9 Å². The highest BCUT2D eigenvalue weighted by molar-refractivity contribution is 5.88. The number of imidazole rings is 1. The Bertz CT molecular complexity index is 1740. The number of aromatic nitrogens is 3. The summed E-state index contributed by atoms with van der Waals surface area (Å²) < 4.78 is 55.3. The van der Waals surface area contributed by atoms with Crippen LogP contribution in [0.1, 0.15) is 77.1 Å². The predicted octanol–water partition coefficient (Wildman–Crippen LogP) is 8.27. The summed E-state index contributed by atoms with van der Waals surface area (Å²) in [5.41, 5.74) is 5.86. The van der Waals surface area contributed by atoms with E-state index in [-0.39, 0.29) is 17.9 Å². The van der Waals surface area contributed by atoms with Crippen LogP contribution in [-0.2, 0) is 19.5 Å². The predicted molar refractivity (Wildman–Crippen MR) is 164 cm³/mol. The summed E-state index contributed by atoms with van der Waals surface area (Å²) in [4.78, 5) is 19.6. The van der Waals surface area contributed by atoms with Gasteiger partial charge in [0.15, 0.2) is 0 Å². The van der Waals surface area contributed by atoms with Crippen molar-refractivity contribution in [2.75, 3.05) is 6.54 Å². The molecule has 44 heavy (non-hydrogen) atoms. The number of para-hydroxylation sites is 1. The summed E-state index contributed by atoms with van der Waals surface area (Å²) in [5.74, 6) is -1.35. The molecule has 0 aliphatic carbocycles. The van der Waals surface area contributed by atoms with Gasteiger partial charge in [0.25, 0.3) is 0 Å². The van der Waals surface area contributed by atoms with Gasteiger partial charge >= 0.3 is 12.1 Å². The molecule has 5 aromatic rings. The molecule has 5 rings (SSSR count). The average molecular weight is 609 g/mol. The molecule has 3 aromatic carbocycles. The van der Waals surface area contributed by atoms with Gasteiger partial charge in [-0.05, 0) is 78.6 Å². The lowest BCUT2D eigenvalue weighted by Crippen LogP contribution is -2.22. The number of benzene rings is 3. The number of aromatic amines is 1. The van der Waals surface area contributed by atoms with Crippen molar-refractivity contribution in [2.45, 2.75) is 71.1 Å². The monoisotopic (exact) mass is 608 g/mol. The van der Waals surface area contributed by atoms with Crippen molar-refractivity contribution in [3.05, 3.63) is 100 Å². The summed E-state index contributed by atoms with van der Waals surface area (Å²) in [7, 11) is 0. The first kappa shape index (κ1) is 31.3. The molecular weight excluding hydrogens is 572 g/mol. The topological polar surface area (TPSA) is 82.9 Å². The SMILES string of the molecule is CCCc1nc2c(C)cc(CNCC(CCCC(F)(F)F)c3cc4ccccc4[nH]3)cc2n1Cc1ccc(C(=O)O)c(F)c1. The van der Waals surface area contributed by atoms with Gasteiger partial charge in [-0.25, -0.2) is 14.2 Å². The lowest BCUT2D eigenvalue weighted by molar-refractivity contribution is -0.135. The van der Waals surface area contributed by atoms with Gasteiger partial charge in [-0.1, -0.05) is 37.3 Å². The standard InChI is InChI=1S/C34H36F4N4O2/c1-3-7-31-41-32-21(2)14-23(16-30(32)42(31)20-22-11-12-26(33(43)44)27(35)15-22)18-39-19-25(9-6-13-34(36,37)38)29-17-24-8-4-5-10-28(24)40-29/h4-5,8,10-12,14-17,25,39-40H,3,6-7,9,13,18-20H2,1-2H3,(H,43,44). The van der Waals surface area contributed by atoms with Crippen LogP contribution in [0.15, 0.2) is 60.7 Å². The quantitative estimate of drug-likeness (QED) is 0.118. The maximum Gasteiger partial charge on any atom is 0.389 e. The third-order valence-electron chi connectivity index (χ3n) is 7.98. The zero-order chi connectivity index (χ0) is 31.4. The van der Waals surface area contributed by atoms with Crippen LogP contribution in [0.25, 0.3) is 21.9 Å². The number of carboxylic acids is 1. The Morgan fingerprint density at radius 2 is 1.89 bits per heavy atom. The van der Waals surface area contributed by atoms with Crippen LogP contribution in [0.3, 0.4) is 0 Å². The number of H-pyrrole nitrogens is 1. The Kier molecular flexibility index (Phi) is 9.39. The van der Waals surface area contributed by atoms with E-state index in [4.69, 9.17) is 4.98 Å². The zero-order valence-corrected chi connectivity index (χ0v) is 24.8. The van der Waals surface area contributed by atoms with Gasteiger partial charge in [0, 0.05) is 49.6 Å². The fourth-order valence-corrected chi connectivity index (χ4v) is 5.84. The van der Waals surface area contributed by atoms with Gasteiger partial charge in [0.05, 0.1) is 16.6 Å². The second-order valence-corrected chi connectivity index (χ2v) is 11.4. The summed E-state index contributed by atoms with van der Waals surface area (Å²) >= 11 is 0. The normalized spacial score (nSPS) is 12.8. The van der Waals surface area contributed by atoms with Gasteiger partial charge in [-0.15, -0.1) is 0 Å². The summed E-state index contributed by atoms with van der Waals surface area (Å²) in [5, 5.41) is 13.7. The van der Waals surface area contributed by atoms with Crippen molar-refractivity contribution in [1.82, 2.24) is 19.9 Å². The Morgan fingerprint density at radius 1 is 1.09 bits per heavy atom. The van der Waals surface area contributed by atoms with E-state index in [0.29, 0.717) is 31.6 Å². The summed E-state index contributed by atoms with van der Waals surface area (Å²) in [6, 6.07) is 18.1. The van der Waals surface area contributed by atoms with E-state index in [1.807, 2.05) is 43.3 Å². The lowest BCUT2D eigenvalue weighted by Gasteiger charge is -2.18. The summed E-state index contributed by atoms with van der Waals surface area (Å²) in [6.45, 7) is 5.39. The van der Waals surface area contributed by atoms with E-state index in [2.05, 4.69) is 27.9 Å². The van der Waals surface area contributed by atoms with Gasteiger partial charge in [-0.2, -0.15) is 13.2 Å². The van der Waals surface area contributed by atoms with E-state index < -0.39 is 24.4 Å². The third kappa shape index (κ3) is 7.30. The van der Waals surface area contributed by atoms with Gasteiger partial charge in [0.2, 0.25) is 0 Å². The van der Waals surface area contributed by atoms with E-state index in [1.54, 1.807) is 6.07 Å². The Labute approximate surface area is 253 Å². The van der Waals surface area contributed by atoms with Crippen LogP contribution in [0.5, 0.6) is 0 Å². The fourth-order valence-electron chi connectivity index (χ4n) is 5.84. The summed E-state index contributed by atoms with van der Waals surface area (Å²) in [6.07, 6.45) is -2.97. The molecule has 232 valence electrons. The number of alkyl halides is 3. The number of rotatable bonds is 13. The zero-order valence-electron chi connectivity index (χ0n) is 24.8. The van der Waals surface area contributed by atoms with Crippen LogP contribution >= 0.6 is 0 Å². The first-order chi connectivity index (χ1) is 21.0. The number of nitrogens with zero attached hydrogens (tertiary/aromatic N) is 2. The molecule has 0 aliphatic heterocycles. The molecule has 2 aromatic heterocycles. The van der Waals surface area contributed by atoms with E-state index in [0.717, 1.165) is 57.4 Å². The molecule has 0 aliphatic rings. The van der Waals surface area contributed by atoms with Crippen molar-refractivity contribution < 1.29 is 27.5 Å². The largest absolute Gasteiger partial charge is 0.478 e. The van der Waals surface area contributed by atoms with Gasteiger partial charge in [-0.3, -0.25) is 0 Å². The molecule has 2 heterocycles. The molecule has 0 fully saturated rings. The first-order valence-electron chi connectivity index (χ1n) is 14.9. The minimum Gasteiger partial charge on any atom is -0.478 e. The Balaban J connectivity index is 1.37. The van der Waals surface area contributed by atoms with E-state index in [1.165, 1.54) is 12.1 Å². The molecule has 0 saturated carbocycles. The fraction of sp³-hybridized carbons (Fsp3) is 0.353. The second-order valence-electron chi connectivity index (χ2n) is 11.4. The number of hydrogen-bond donors (Lipinski definition) is 3. The number of aromatic carboxylic acids is 1. The molecule has 0 amide bonds. The van der Waals surface area contributed by atoms with E-state index >= 15 is 0 Å². The Morgan fingerprint density at radius 3 is 2.59 bits per heavy atom. The third-order valence-corrected chi connectivity index (χ3v) is 7.98. The highest BCUT2D eigenvalue weighted by Gasteiger charge is 2.27. The molecule has 1 unspecified atom stereocenters. The molecule has 0 spiro atoms. The minimum absolute atomic E-state index is 0.0453. The molecule has 0 saturated heterocycles. The number of carbonyl (C=O) groups is 1. The highest BCUT2D eigenvalue weighted by atomic mass is 19.4. The van der Waals surface area contributed by atoms with Gasteiger partial charge < -0.3 is 20.0 Å². The molecule has 0 bridgehead atoms. The average Bonchev–Trinajstić information content (AvgIpc) is 3.54. The van der Waals surface area contributed by atoms with Crippen LogP contribution in [0.2, 0.25) is 0 Å². The highest BCUT2D eigenvalue weighted by Crippen LogP contribution is 2.30. The second kappa shape index (κ2) is 13.2. The van der Waals surface area contributed by atoms with Crippen molar-refractivity contribution in [3.8, 4) is 0 Å². The molecule has 10 heteroatoms. The Hall–Kier alpha value is -4.18.